The van der Waals surface area contributed by atoms with Crippen LogP contribution >= 0.6 is 15.9 Å². The summed E-state index contributed by atoms with van der Waals surface area (Å²) in [4.78, 5) is 0. The molecular weight excluding hydrogens is 246 g/mol. The van der Waals surface area contributed by atoms with E-state index in [1.54, 1.807) is 10.6 Å². The summed E-state index contributed by atoms with van der Waals surface area (Å²) in [6, 6.07) is 3.73. The molecule has 0 unspecified atom stereocenters. The van der Waals surface area contributed by atoms with Gasteiger partial charge in [-0.05, 0) is 28.9 Å². The largest absolute Gasteiger partial charge is 0.397 e. The first kappa shape index (κ1) is 11.1. The maximum atomic E-state index is 8.82. The summed E-state index contributed by atoms with van der Waals surface area (Å²) in [7, 11) is 0. The molecule has 0 aliphatic heterocycles. The highest BCUT2D eigenvalue weighted by Crippen LogP contribution is 2.23. The van der Waals surface area contributed by atoms with Crippen molar-refractivity contribution in [1.82, 2.24) is 4.57 Å². The molecule has 0 radical (unpaired) electrons. The number of hydrogen-bond acceptors (Lipinski definition) is 3. The van der Waals surface area contributed by atoms with Gasteiger partial charge in [-0.1, -0.05) is 0 Å². The zero-order valence-electron chi connectivity index (χ0n) is 7.96. The molecular formula is C9H12BrN3O. The zero-order chi connectivity index (χ0) is 10.6. The van der Waals surface area contributed by atoms with E-state index in [1.165, 1.54) is 0 Å². The van der Waals surface area contributed by atoms with Gasteiger partial charge < -0.3 is 15.0 Å². The molecule has 0 fully saturated rings. The van der Waals surface area contributed by atoms with Crippen molar-refractivity contribution in [3.8, 4) is 6.07 Å². The molecule has 0 saturated heterocycles. The lowest BCUT2D eigenvalue weighted by atomic mass is 10.4. The number of halogens is 1. The standard InChI is InChI=1S/C9H12BrN3O/c1-2-14-4-3-13-7(6-11)5-8(12)9(13)10/h5H,2-4,12H2,1H3. The number of hydrogen-bond donors (Lipinski definition) is 1. The Hall–Kier alpha value is -0.990. The minimum absolute atomic E-state index is 0.550. The maximum absolute atomic E-state index is 8.82. The third kappa shape index (κ3) is 2.28. The highest BCUT2D eigenvalue weighted by molar-refractivity contribution is 9.10. The highest BCUT2D eigenvalue weighted by Gasteiger charge is 2.09. The van der Waals surface area contributed by atoms with Crippen LogP contribution in [0.25, 0.3) is 0 Å². The van der Waals surface area contributed by atoms with Crippen LogP contribution in [0.5, 0.6) is 0 Å². The summed E-state index contributed by atoms with van der Waals surface area (Å²) in [5, 5.41) is 8.82. The van der Waals surface area contributed by atoms with E-state index in [0.717, 1.165) is 4.60 Å². The van der Waals surface area contributed by atoms with Crippen LogP contribution < -0.4 is 5.73 Å². The van der Waals surface area contributed by atoms with Crippen molar-refractivity contribution >= 4 is 21.6 Å². The number of nitrogen functional groups attached to an aromatic ring is 1. The van der Waals surface area contributed by atoms with E-state index in [-0.39, 0.29) is 0 Å². The van der Waals surface area contributed by atoms with Crippen LogP contribution in [0.1, 0.15) is 12.6 Å². The van der Waals surface area contributed by atoms with Gasteiger partial charge in [-0.3, -0.25) is 0 Å². The van der Waals surface area contributed by atoms with Gasteiger partial charge >= 0.3 is 0 Å². The van der Waals surface area contributed by atoms with Gasteiger partial charge in [0.15, 0.2) is 0 Å². The Morgan fingerprint density at radius 2 is 2.43 bits per heavy atom. The van der Waals surface area contributed by atoms with E-state index in [9.17, 15) is 0 Å². The average Bonchev–Trinajstić information content (AvgIpc) is 2.45. The molecule has 0 bridgehead atoms. The van der Waals surface area contributed by atoms with Crippen molar-refractivity contribution in [1.29, 1.82) is 5.26 Å². The van der Waals surface area contributed by atoms with Crippen molar-refractivity contribution < 1.29 is 4.74 Å². The minimum atomic E-state index is 0.550. The lowest BCUT2D eigenvalue weighted by Gasteiger charge is -2.06. The van der Waals surface area contributed by atoms with Crippen molar-refractivity contribution in [2.24, 2.45) is 0 Å². The van der Waals surface area contributed by atoms with Crippen LogP contribution in [0.4, 0.5) is 5.69 Å². The third-order valence-electron chi connectivity index (χ3n) is 1.84. The van der Waals surface area contributed by atoms with E-state index in [0.29, 0.717) is 31.1 Å². The highest BCUT2D eigenvalue weighted by atomic mass is 79.9. The second kappa shape index (κ2) is 5.03. The van der Waals surface area contributed by atoms with Gasteiger partial charge in [0.1, 0.15) is 16.4 Å². The summed E-state index contributed by atoms with van der Waals surface area (Å²) in [6.07, 6.45) is 0. The Kier molecular flexibility index (Phi) is 3.98. The summed E-state index contributed by atoms with van der Waals surface area (Å²) < 4.78 is 7.75. The van der Waals surface area contributed by atoms with Crippen molar-refractivity contribution in [2.45, 2.75) is 13.5 Å². The Morgan fingerprint density at radius 3 is 3.00 bits per heavy atom. The predicted octanol–water partition coefficient (Wildman–Crippen LogP) is 1.74. The molecule has 0 atom stereocenters. The minimum Gasteiger partial charge on any atom is -0.397 e. The van der Waals surface area contributed by atoms with Crippen LogP contribution in [0, 0.1) is 11.3 Å². The lowest BCUT2D eigenvalue weighted by molar-refractivity contribution is 0.138. The summed E-state index contributed by atoms with van der Waals surface area (Å²) in [5.41, 5.74) is 6.79. The zero-order valence-corrected chi connectivity index (χ0v) is 9.54. The smallest absolute Gasteiger partial charge is 0.123 e. The molecule has 1 aromatic heterocycles. The lowest BCUT2D eigenvalue weighted by Crippen LogP contribution is -2.07. The Morgan fingerprint density at radius 1 is 1.71 bits per heavy atom. The van der Waals surface area contributed by atoms with Gasteiger partial charge in [0.05, 0.1) is 12.3 Å². The van der Waals surface area contributed by atoms with Gasteiger partial charge in [-0.15, -0.1) is 0 Å². The number of nitriles is 1. The summed E-state index contributed by atoms with van der Waals surface area (Å²) >= 11 is 3.33. The number of anilines is 1. The third-order valence-corrected chi connectivity index (χ3v) is 2.72. The second-order valence-corrected chi connectivity index (χ2v) is 3.49. The van der Waals surface area contributed by atoms with Crippen molar-refractivity contribution in [3.63, 3.8) is 0 Å². The van der Waals surface area contributed by atoms with E-state index in [1.807, 2.05) is 6.92 Å². The number of nitrogens with zero attached hydrogens (tertiary/aromatic N) is 2. The summed E-state index contributed by atoms with van der Waals surface area (Å²) in [5.74, 6) is 0. The monoisotopic (exact) mass is 257 g/mol. The molecule has 1 heterocycles. The van der Waals surface area contributed by atoms with Crippen LogP contribution in [0.2, 0.25) is 0 Å². The number of rotatable bonds is 4. The second-order valence-electron chi connectivity index (χ2n) is 2.74. The molecule has 2 N–H and O–H groups in total. The normalized spacial score (nSPS) is 10.1. The molecule has 5 heteroatoms. The summed E-state index contributed by atoms with van der Waals surface area (Å²) in [6.45, 7) is 3.83. The molecule has 0 aromatic carbocycles. The molecule has 0 saturated carbocycles. The van der Waals surface area contributed by atoms with E-state index in [4.69, 9.17) is 15.7 Å². The topological polar surface area (TPSA) is 64.0 Å². The van der Waals surface area contributed by atoms with E-state index in [2.05, 4.69) is 22.0 Å². The molecule has 0 aliphatic rings. The van der Waals surface area contributed by atoms with Crippen LogP contribution in [-0.4, -0.2) is 17.8 Å². The Labute approximate surface area is 91.4 Å². The molecule has 0 amide bonds. The molecule has 0 aliphatic carbocycles. The first-order valence-corrected chi connectivity index (χ1v) is 5.12. The molecule has 14 heavy (non-hydrogen) atoms. The van der Waals surface area contributed by atoms with Gasteiger partial charge in [-0.25, -0.2) is 0 Å². The van der Waals surface area contributed by atoms with Crippen LogP contribution in [-0.2, 0) is 11.3 Å². The predicted molar refractivity (Wildman–Crippen MR) is 57.8 cm³/mol. The Bertz CT molecular complexity index is 354. The molecule has 0 spiro atoms. The Balaban J connectivity index is 2.79. The quantitative estimate of drug-likeness (QED) is 0.836. The fraction of sp³-hybridized carbons (Fsp3) is 0.444. The van der Waals surface area contributed by atoms with Crippen LogP contribution in [0.15, 0.2) is 10.7 Å². The first-order chi connectivity index (χ1) is 6.70. The number of aromatic nitrogens is 1. The van der Waals surface area contributed by atoms with Gasteiger partial charge in [0.25, 0.3) is 0 Å². The van der Waals surface area contributed by atoms with Gasteiger partial charge in [0, 0.05) is 13.2 Å². The average molecular weight is 258 g/mol. The van der Waals surface area contributed by atoms with Gasteiger partial charge in [-0.2, -0.15) is 5.26 Å². The van der Waals surface area contributed by atoms with E-state index >= 15 is 0 Å². The van der Waals surface area contributed by atoms with Crippen LogP contribution in [0.3, 0.4) is 0 Å². The SMILES string of the molecule is CCOCCn1c(C#N)cc(N)c1Br. The molecule has 76 valence electrons. The molecule has 1 aromatic rings. The first-order valence-electron chi connectivity index (χ1n) is 4.33. The van der Waals surface area contributed by atoms with Crippen molar-refractivity contribution in [3.05, 3.63) is 16.4 Å². The maximum Gasteiger partial charge on any atom is 0.123 e. The number of nitrogens with two attached hydrogens (primary N) is 1. The fourth-order valence-electron chi connectivity index (χ4n) is 1.16. The molecule has 1 rings (SSSR count). The number of ether oxygens (including phenoxy) is 1. The molecule has 4 nitrogen and oxygen atoms in total. The fourth-order valence-corrected chi connectivity index (χ4v) is 1.64. The van der Waals surface area contributed by atoms with Crippen molar-refractivity contribution in [2.75, 3.05) is 18.9 Å². The van der Waals surface area contributed by atoms with E-state index < -0.39 is 0 Å². The van der Waals surface area contributed by atoms with Gasteiger partial charge in [0.2, 0.25) is 0 Å².